The van der Waals surface area contributed by atoms with Gasteiger partial charge < -0.3 is 9.73 Å². The highest BCUT2D eigenvalue weighted by atomic mass is 16.3. The summed E-state index contributed by atoms with van der Waals surface area (Å²) in [6.07, 6.45) is 0.871. The molecule has 3 heteroatoms. The van der Waals surface area contributed by atoms with Crippen LogP contribution in [-0.2, 0) is 6.42 Å². The Morgan fingerprint density at radius 2 is 1.95 bits per heavy atom. The van der Waals surface area contributed by atoms with Gasteiger partial charge in [-0.05, 0) is 42.7 Å². The van der Waals surface area contributed by atoms with Crippen LogP contribution in [-0.4, -0.2) is 5.91 Å². The molecule has 0 aliphatic rings. The number of nitrogens with one attached hydrogen (secondary N) is 1. The summed E-state index contributed by atoms with van der Waals surface area (Å²) in [7, 11) is 0. The number of furan rings is 1. The molecular weight excluding hydrogens is 262 g/mol. The molecule has 0 unspecified atom stereocenters. The lowest BCUT2D eigenvalue weighted by Gasteiger charge is -2.07. The quantitative estimate of drug-likeness (QED) is 0.764. The van der Waals surface area contributed by atoms with Crippen LogP contribution in [0.5, 0.6) is 0 Å². The van der Waals surface area contributed by atoms with Gasteiger partial charge in [0.25, 0.3) is 5.91 Å². The van der Waals surface area contributed by atoms with Crippen LogP contribution in [0, 0.1) is 6.92 Å². The Labute approximate surface area is 123 Å². The largest absolute Gasteiger partial charge is 0.451 e. The van der Waals surface area contributed by atoms with Crippen molar-refractivity contribution in [1.29, 1.82) is 0 Å². The maximum absolute atomic E-state index is 12.3. The number of carbonyl (C=O) groups excluding carboxylic acids is 1. The summed E-state index contributed by atoms with van der Waals surface area (Å²) >= 11 is 0. The van der Waals surface area contributed by atoms with E-state index in [-0.39, 0.29) is 5.91 Å². The standard InChI is InChI=1S/C18H17NO2/c1-3-13-6-4-5-7-15(13)19-18(20)17-11-14-9-8-12(2)10-16(14)21-17/h4-11H,3H2,1-2H3,(H,19,20). The minimum absolute atomic E-state index is 0.218. The number of hydrogen-bond donors (Lipinski definition) is 1. The van der Waals surface area contributed by atoms with Crippen LogP contribution in [0.1, 0.15) is 28.6 Å². The lowest BCUT2D eigenvalue weighted by molar-refractivity contribution is 0.0998. The van der Waals surface area contributed by atoms with E-state index in [0.717, 1.165) is 34.2 Å². The minimum Gasteiger partial charge on any atom is -0.451 e. The van der Waals surface area contributed by atoms with Gasteiger partial charge in [-0.15, -0.1) is 0 Å². The molecule has 0 radical (unpaired) electrons. The van der Waals surface area contributed by atoms with Gasteiger partial charge in [-0.25, -0.2) is 0 Å². The van der Waals surface area contributed by atoms with E-state index >= 15 is 0 Å². The van der Waals surface area contributed by atoms with E-state index in [9.17, 15) is 4.79 Å². The smallest absolute Gasteiger partial charge is 0.291 e. The molecule has 21 heavy (non-hydrogen) atoms. The van der Waals surface area contributed by atoms with Crippen LogP contribution in [0.4, 0.5) is 5.69 Å². The van der Waals surface area contributed by atoms with Crippen molar-refractivity contribution in [2.45, 2.75) is 20.3 Å². The molecule has 3 rings (SSSR count). The molecule has 3 aromatic rings. The van der Waals surface area contributed by atoms with Gasteiger partial charge in [0.2, 0.25) is 0 Å². The summed E-state index contributed by atoms with van der Waals surface area (Å²) < 4.78 is 5.64. The van der Waals surface area contributed by atoms with Crippen LogP contribution in [0.15, 0.2) is 52.9 Å². The van der Waals surface area contributed by atoms with Crippen molar-refractivity contribution in [3.8, 4) is 0 Å². The van der Waals surface area contributed by atoms with Gasteiger partial charge in [-0.2, -0.15) is 0 Å². The van der Waals surface area contributed by atoms with E-state index in [1.54, 1.807) is 6.07 Å². The van der Waals surface area contributed by atoms with Crippen molar-refractivity contribution in [3.63, 3.8) is 0 Å². The zero-order valence-corrected chi connectivity index (χ0v) is 12.1. The molecule has 3 nitrogen and oxygen atoms in total. The minimum atomic E-state index is -0.218. The molecule has 0 fully saturated rings. The Hall–Kier alpha value is -2.55. The second-order valence-electron chi connectivity index (χ2n) is 5.12. The van der Waals surface area contributed by atoms with E-state index in [4.69, 9.17) is 4.42 Å². The van der Waals surface area contributed by atoms with E-state index in [2.05, 4.69) is 12.2 Å². The third-order valence-electron chi connectivity index (χ3n) is 3.55. The Bertz CT molecular complexity index is 802. The van der Waals surface area contributed by atoms with Crippen LogP contribution >= 0.6 is 0 Å². The van der Waals surface area contributed by atoms with Crippen LogP contribution < -0.4 is 5.32 Å². The van der Waals surface area contributed by atoms with Gasteiger partial charge in [0.05, 0.1) is 0 Å². The highest BCUT2D eigenvalue weighted by Gasteiger charge is 2.13. The lowest BCUT2D eigenvalue weighted by Crippen LogP contribution is -2.12. The maximum atomic E-state index is 12.3. The maximum Gasteiger partial charge on any atom is 0.291 e. The first kappa shape index (κ1) is 13.4. The summed E-state index contributed by atoms with van der Waals surface area (Å²) in [6, 6.07) is 15.5. The summed E-state index contributed by atoms with van der Waals surface area (Å²) in [6.45, 7) is 4.06. The number of hydrogen-bond acceptors (Lipinski definition) is 2. The van der Waals surface area contributed by atoms with E-state index in [0.29, 0.717) is 5.76 Å². The van der Waals surface area contributed by atoms with Gasteiger partial charge >= 0.3 is 0 Å². The summed E-state index contributed by atoms with van der Waals surface area (Å²) in [4.78, 5) is 12.3. The Morgan fingerprint density at radius 1 is 1.14 bits per heavy atom. The molecule has 0 saturated heterocycles. The molecule has 1 amide bonds. The number of fused-ring (bicyclic) bond motifs is 1. The molecule has 0 bridgehead atoms. The molecule has 1 aromatic heterocycles. The zero-order chi connectivity index (χ0) is 14.8. The molecular formula is C18H17NO2. The van der Waals surface area contributed by atoms with Gasteiger partial charge in [-0.1, -0.05) is 37.3 Å². The van der Waals surface area contributed by atoms with E-state index < -0.39 is 0 Å². The number of aryl methyl sites for hydroxylation is 2. The van der Waals surface area contributed by atoms with Crippen molar-refractivity contribution in [1.82, 2.24) is 0 Å². The van der Waals surface area contributed by atoms with Crippen molar-refractivity contribution in [2.75, 3.05) is 5.32 Å². The molecule has 0 saturated carbocycles. The van der Waals surface area contributed by atoms with Crippen LogP contribution in [0.3, 0.4) is 0 Å². The second-order valence-corrected chi connectivity index (χ2v) is 5.12. The van der Waals surface area contributed by atoms with E-state index in [1.165, 1.54) is 0 Å². The molecule has 1 heterocycles. The predicted octanol–water partition coefficient (Wildman–Crippen LogP) is 4.56. The number of rotatable bonds is 3. The van der Waals surface area contributed by atoms with Crippen molar-refractivity contribution in [3.05, 3.63) is 65.4 Å². The molecule has 0 atom stereocenters. The monoisotopic (exact) mass is 279 g/mol. The van der Waals surface area contributed by atoms with Crippen LogP contribution in [0.2, 0.25) is 0 Å². The highest BCUT2D eigenvalue weighted by Crippen LogP contribution is 2.22. The Morgan fingerprint density at radius 3 is 2.76 bits per heavy atom. The van der Waals surface area contributed by atoms with Crippen molar-refractivity contribution < 1.29 is 9.21 Å². The van der Waals surface area contributed by atoms with Crippen LogP contribution in [0.25, 0.3) is 11.0 Å². The number of amides is 1. The highest BCUT2D eigenvalue weighted by molar-refractivity contribution is 6.05. The topological polar surface area (TPSA) is 42.2 Å². The molecule has 0 aliphatic heterocycles. The number of anilines is 1. The zero-order valence-electron chi connectivity index (χ0n) is 12.1. The SMILES string of the molecule is CCc1ccccc1NC(=O)c1cc2ccc(C)cc2o1. The first-order valence-corrected chi connectivity index (χ1v) is 7.07. The third kappa shape index (κ3) is 2.68. The predicted molar refractivity (Wildman–Crippen MR) is 84.7 cm³/mol. The molecule has 0 spiro atoms. The average molecular weight is 279 g/mol. The first-order chi connectivity index (χ1) is 10.2. The fourth-order valence-electron chi connectivity index (χ4n) is 2.38. The fraction of sp³-hybridized carbons (Fsp3) is 0.167. The normalized spacial score (nSPS) is 10.8. The number of carbonyl (C=O) groups is 1. The lowest BCUT2D eigenvalue weighted by atomic mass is 10.1. The molecule has 2 aromatic carbocycles. The molecule has 0 aliphatic carbocycles. The van der Waals surface area contributed by atoms with Gasteiger partial charge in [0.1, 0.15) is 5.58 Å². The number of para-hydroxylation sites is 1. The Balaban J connectivity index is 1.90. The fourth-order valence-corrected chi connectivity index (χ4v) is 2.38. The summed E-state index contributed by atoms with van der Waals surface area (Å²) in [5.41, 5.74) is 3.79. The molecule has 106 valence electrons. The Kier molecular flexibility index (Phi) is 3.48. The summed E-state index contributed by atoms with van der Waals surface area (Å²) in [5.74, 6) is 0.117. The number of benzene rings is 2. The average Bonchev–Trinajstić information content (AvgIpc) is 2.91. The second kappa shape index (κ2) is 5.44. The van der Waals surface area contributed by atoms with E-state index in [1.807, 2.05) is 49.4 Å². The summed E-state index contributed by atoms with van der Waals surface area (Å²) in [5, 5.41) is 3.86. The van der Waals surface area contributed by atoms with Gasteiger partial charge in [-0.3, -0.25) is 4.79 Å². The van der Waals surface area contributed by atoms with Gasteiger partial charge in [0.15, 0.2) is 5.76 Å². The van der Waals surface area contributed by atoms with Crippen molar-refractivity contribution >= 4 is 22.6 Å². The van der Waals surface area contributed by atoms with Crippen molar-refractivity contribution in [2.24, 2.45) is 0 Å². The van der Waals surface area contributed by atoms with Gasteiger partial charge in [0, 0.05) is 11.1 Å². The third-order valence-corrected chi connectivity index (χ3v) is 3.55. The molecule has 1 N–H and O–H groups in total. The first-order valence-electron chi connectivity index (χ1n) is 7.07.